The van der Waals surface area contributed by atoms with E-state index in [1.165, 1.54) is 7.11 Å². The zero-order valence-corrected chi connectivity index (χ0v) is 9.46. The summed E-state index contributed by atoms with van der Waals surface area (Å²) in [6.07, 6.45) is -0.104. The van der Waals surface area contributed by atoms with Crippen LogP contribution in [-0.2, 0) is 21.4 Å². The second-order valence-electron chi connectivity index (χ2n) is 3.25. The van der Waals surface area contributed by atoms with Gasteiger partial charge in [-0.2, -0.15) is 8.42 Å². The second-order valence-corrected chi connectivity index (χ2v) is 4.61. The number of benzene rings is 1. The first-order valence-corrected chi connectivity index (χ1v) is 6.03. The van der Waals surface area contributed by atoms with Gasteiger partial charge in [-0.05, 0) is 17.7 Å². The van der Waals surface area contributed by atoms with Crippen molar-refractivity contribution in [1.82, 2.24) is 0 Å². The van der Waals surface area contributed by atoms with Crippen LogP contribution < -0.4 is 4.74 Å². The molecule has 16 heavy (non-hydrogen) atoms. The maximum Gasteiger partial charge on any atom is 0.309 e. The molecule has 0 heterocycles. The molecule has 0 fully saturated rings. The Morgan fingerprint density at radius 1 is 1.31 bits per heavy atom. The van der Waals surface area contributed by atoms with Crippen LogP contribution in [0.25, 0.3) is 0 Å². The highest BCUT2D eigenvalue weighted by Gasteiger charge is 2.14. The molecule has 1 rings (SSSR count). The summed E-state index contributed by atoms with van der Waals surface area (Å²) in [6.45, 7) is 0. The van der Waals surface area contributed by atoms with E-state index in [9.17, 15) is 17.1 Å². The zero-order valence-electron chi connectivity index (χ0n) is 8.64. The van der Waals surface area contributed by atoms with E-state index in [1.54, 1.807) is 24.3 Å². The summed E-state index contributed by atoms with van der Waals surface area (Å²) >= 11 is 0. The summed E-state index contributed by atoms with van der Waals surface area (Å²) in [6, 6.07) is 6.54. The van der Waals surface area contributed by atoms with Gasteiger partial charge >= 0.3 is 10.2 Å². The number of ketones is 1. The van der Waals surface area contributed by atoms with E-state index in [2.05, 4.69) is 0 Å². The molecule has 0 radical (unpaired) electrons. The number of carbonyl (C=O) groups is 1. The SMILES string of the molecule is COc1ccc(CC(=O)CS(=O)(=O)F)cc1. The lowest BCUT2D eigenvalue weighted by molar-refractivity contribution is -0.116. The minimum absolute atomic E-state index is 0.104. The molecule has 0 N–H and O–H groups in total. The van der Waals surface area contributed by atoms with E-state index >= 15 is 0 Å². The van der Waals surface area contributed by atoms with E-state index < -0.39 is 21.8 Å². The highest BCUT2D eigenvalue weighted by Crippen LogP contribution is 2.12. The number of methoxy groups -OCH3 is 1. The van der Waals surface area contributed by atoms with Crippen LogP contribution in [0.1, 0.15) is 5.56 Å². The molecular formula is C10H11FO4S. The average molecular weight is 246 g/mol. The lowest BCUT2D eigenvalue weighted by Crippen LogP contribution is -2.14. The molecular weight excluding hydrogens is 235 g/mol. The van der Waals surface area contributed by atoms with Crippen molar-refractivity contribution in [1.29, 1.82) is 0 Å². The van der Waals surface area contributed by atoms with Gasteiger partial charge in [-0.3, -0.25) is 4.79 Å². The molecule has 4 nitrogen and oxygen atoms in total. The van der Waals surface area contributed by atoms with Crippen LogP contribution in [0.4, 0.5) is 3.89 Å². The van der Waals surface area contributed by atoms with Gasteiger partial charge in [0.25, 0.3) is 0 Å². The van der Waals surface area contributed by atoms with Crippen LogP contribution in [0.5, 0.6) is 5.75 Å². The lowest BCUT2D eigenvalue weighted by Gasteiger charge is -2.01. The van der Waals surface area contributed by atoms with E-state index in [4.69, 9.17) is 4.74 Å². The highest BCUT2D eigenvalue weighted by molar-refractivity contribution is 7.87. The minimum atomic E-state index is -4.73. The third kappa shape index (κ3) is 4.39. The van der Waals surface area contributed by atoms with Crippen molar-refractivity contribution < 1.29 is 21.8 Å². The number of rotatable bonds is 5. The summed E-state index contributed by atoms with van der Waals surface area (Å²) in [5.41, 5.74) is 0.620. The first kappa shape index (κ1) is 12.6. The highest BCUT2D eigenvalue weighted by atomic mass is 32.3. The molecule has 0 bridgehead atoms. The summed E-state index contributed by atoms with van der Waals surface area (Å²) in [5.74, 6) is -1.11. The van der Waals surface area contributed by atoms with Crippen molar-refractivity contribution in [3.8, 4) is 5.75 Å². The molecule has 0 saturated carbocycles. The van der Waals surface area contributed by atoms with Crippen molar-refractivity contribution >= 4 is 16.0 Å². The molecule has 0 aliphatic carbocycles. The second kappa shape index (κ2) is 5.07. The van der Waals surface area contributed by atoms with Crippen LogP contribution in [0.2, 0.25) is 0 Å². The van der Waals surface area contributed by atoms with Gasteiger partial charge < -0.3 is 4.74 Å². The molecule has 0 aromatic heterocycles. The fourth-order valence-electron chi connectivity index (χ4n) is 1.21. The predicted octanol–water partition coefficient (Wildman–Crippen LogP) is 1.11. The molecule has 0 atom stereocenters. The topological polar surface area (TPSA) is 60.4 Å². The number of halogens is 1. The van der Waals surface area contributed by atoms with Gasteiger partial charge in [0.15, 0.2) is 5.78 Å². The Hall–Kier alpha value is -1.43. The number of hydrogen-bond acceptors (Lipinski definition) is 4. The van der Waals surface area contributed by atoms with Crippen LogP contribution in [-0.4, -0.2) is 27.1 Å². The first-order valence-electron chi connectivity index (χ1n) is 4.47. The van der Waals surface area contributed by atoms with Crippen LogP contribution >= 0.6 is 0 Å². The third-order valence-corrected chi connectivity index (χ3v) is 2.56. The average Bonchev–Trinajstić information content (AvgIpc) is 2.16. The molecule has 0 amide bonds. The zero-order chi connectivity index (χ0) is 12.2. The summed E-state index contributed by atoms with van der Waals surface area (Å²) in [5, 5.41) is 0. The fourth-order valence-corrected chi connectivity index (χ4v) is 1.70. The summed E-state index contributed by atoms with van der Waals surface area (Å²) < 4.78 is 37.6. The molecule has 0 saturated heterocycles. The Kier molecular flexibility index (Phi) is 4.00. The van der Waals surface area contributed by atoms with Gasteiger partial charge in [0.1, 0.15) is 11.5 Å². The Balaban J connectivity index is 2.63. The van der Waals surface area contributed by atoms with E-state index in [0.717, 1.165) is 0 Å². The predicted molar refractivity (Wildman–Crippen MR) is 56.6 cm³/mol. The number of carbonyl (C=O) groups excluding carboxylic acids is 1. The molecule has 0 aliphatic rings. The number of ether oxygens (including phenoxy) is 1. The van der Waals surface area contributed by atoms with Gasteiger partial charge in [0, 0.05) is 6.42 Å². The van der Waals surface area contributed by atoms with Crippen molar-refractivity contribution in [2.45, 2.75) is 6.42 Å². The third-order valence-electron chi connectivity index (χ3n) is 1.89. The van der Waals surface area contributed by atoms with Gasteiger partial charge in [0.2, 0.25) is 0 Å². The van der Waals surface area contributed by atoms with Gasteiger partial charge in [-0.25, -0.2) is 0 Å². The summed E-state index contributed by atoms with van der Waals surface area (Å²) in [7, 11) is -3.22. The Labute approximate surface area is 93.3 Å². The first-order chi connectivity index (χ1) is 7.40. The Morgan fingerprint density at radius 3 is 2.31 bits per heavy atom. The largest absolute Gasteiger partial charge is 0.497 e. The van der Waals surface area contributed by atoms with Crippen molar-refractivity contribution in [3.05, 3.63) is 29.8 Å². The van der Waals surface area contributed by atoms with Crippen LogP contribution in [0, 0.1) is 0 Å². The maximum atomic E-state index is 12.2. The smallest absolute Gasteiger partial charge is 0.309 e. The van der Waals surface area contributed by atoms with Crippen molar-refractivity contribution in [2.75, 3.05) is 12.9 Å². The van der Waals surface area contributed by atoms with E-state index in [0.29, 0.717) is 11.3 Å². The maximum absolute atomic E-state index is 12.2. The van der Waals surface area contributed by atoms with E-state index in [-0.39, 0.29) is 6.42 Å². The Bertz CT molecular complexity index is 464. The number of hydrogen-bond donors (Lipinski definition) is 0. The Morgan fingerprint density at radius 2 is 1.88 bits per heavy atom. The van der Waals surface area contributed by atoms with Gasteiger partial charge in [0.05, 0.1) is 7.11 Å². The molecule has 0 aliphatic heterocycles. The van der Waals surface area contributed by atoms with Crippen LogP contribution in [0.15, 0.2) is 24.3 Å². The molecule has 1 aromatic rings. The lowest BCUT2D eigenvalue weighted by atomic mass is 10.1. The monoisotopic (exact) mass is 246 g/mol. The standard InChI is InChI=1S/C10H11FO4S/c1-15-10-4-2-8(3-5-10)6-9(12)7-16(11,13)14/h2-5H,6-7H2,1H3. The normalized spacial score (nSPS) is 11.1. The van der Waals surface area contributed by atoms with Crippen molar-refractivity contribution in [2.24, 2.45) is 0 Å². The molecule has 88 valence electrons. The van der Waals surface area contributed by atoms with E-state index in [1.807, 2.05) is 0 Å². The van der Waals surface area contributed by atoms with Crippen molar-refractivity contribution in [3.63, 3.8) is 0 Å². The quantitative estimate of drug-likeness (QED) is 0.730. The molecule has 1 aromatic carbocycles. The molecule has 0 unspecified atom stereocenters. The number of Topliss-reactive ketones (excluding diaryl/α,β-unsaturated/α-hetero) is 1. The summed E-state index contributed by atoms with van der Waals surface area (Å²) in [4.78, 5) is 11.1. The van der Waals surface area contributed by atoms with Gasteiger partial charge in [-0.15, -0.1) is 3.89 Å². The minimum Gasteiger partial charge on any atom is -0.497 e. The molecule has 6 heteroatoms. The van der Waals surface area contributed by atoms with Crippen LogP contribution in [0.3, 0.4) is 0 Å². The fraction of sp³-hybridized carbons (Fsp3) is 0.300. The van der Waals surface area contributed by atoms with Gasteiger partial charge in [-0.1, -0.05) is 12.1 Å². The molecule has 0 spiro atoms.